The van der Waals surface area contributed by atoms with Crippen LogP contribution in [-0.2, 0) is 4.79 Å². The second-order valence-electron chi connectivity index (χ2n) is 4.38. The molecular formula is C12H20N4O. The average Bonchev–Trinajstić information content (AvgIpc) is 2.78. The summed E-state index contributed by atoms with van der Waals surface area (Å²) in [4.78, 5) is 18.6. The van der Waals surface area contributed by atoms with E-state index in [4.69, 9.17) is 0 Å². The molecule has 0 spiro atoms. The van der Waals surface area contributed by atoms with Gasteiger partial charge in [0, 0.05) is 38.6 Å². The Morgan fingerprint density at radius 3 is 2.76 bits per heavy atom. The first-order chi connectivity index (χ1) is 8.24. The largest absolute Gasteiger partial charge is 0.338 e. The topological polar surface area (TPSA) is 50.2 Å². The van der Waals surface area contributed by atoms with Crippen molar-refractivity contribution in [2.24, 2.45) is 0 Å². The zero-order chi connectivity index (χ0) is 12.3. The van der Waals surface area contributed by atoms with E-state index in [1.165, 1.54) is 0 Å². The van der Waals surface area contributed by atoms with Gasteiger partial charge in [-0.15, -0.1) is 0 Å². The van der Waals surface area contributed by atoms with Crippen molar-refractivity contribution in [1.29, 1.82) is 0 Å². The van der Waals surface area contributed by atoms with E-state index in [9.17, 15) is 4.79 Å². The van der Waals surface area contributed by atoms with E-state index in [2.05, 4.69) is 10.3 Å². The van der Waals surface area contributed by atoms with Gasteiger partial charge in [0.25, 0.3) is 0 Å². The van der Waals surface area contributed by atoms with Crippen LogP contribution in [0.25, 0.3) is 0 Å². The predicted octanol–water partition coefficient (Wildman–Crippen LogP) is 0.574. The Bertz CT molecular complexity index is 382. The van der Waals surface area contributed by atoms with Gasteiger partial charge in [0.2, 0.25) is 5.91 Å². The molecule has 1 fully saturated rings. The summed E-state index contributed by atoms with van der Waals surface area (Å²) in [6.45, 7) is 7.39. The Morgan fingerprint density at radius 1 is 1.53 bits per heavy atom. The third-order valence-electron chi connectivity index (χ3n) is 3.30. The zero-order valence-electron chi connectivity index (χ0n) is 10.5. The maximum atomic E-state index is 12.4. The van der Waals surface area contributed by atoms with Crippen LogP contribution in [0.3, 0.4) is 0 Å². The van der Waals surface area contributed by atoms with Gasteiger partial charge in [0.15, 0.2) is 0 Å². The van der Waals surface area contributed by atoms with Crippen molar-refractivity contribution in [3.63, 3.8) is 0 Å². The van der Waals surface area contributed by atoms with Crippen LogP contribution in [-0.4, -0.2) is 46.5 Å². The third-order valence-corrected chi connectivity index (χ3v) is 3.30. The number of carbonyl (C=O) groups is 1. The highest BCUT2D eigenvalue weighted by Gasteiger charge is 2.25. The van der Waals surface area contributed by atoms with Crippen molar-refractivity contribution in [1.82, 2.24) is 19.8 Å². The fourth-order valence-electron chi connectivity index (χ4n) is 2.30. The molecule has 5 heteroatoms. The molecule has 1 saturated heterocycles. The number of imidazole rings is 1. The van der Waals surface area contributed by atoms with Gasteiger partial charge in [-0.25, -0.2) is 4.98 Å². The molecule has 1 amide bonds. The Balaban J connectivity index is 2.12. The molecule has 0 aromatic carbocycles. The Kier molecular flexibility index (Phi) is 3.78. The van der Waals surface area contributed by atoms with Gasteiger partial charge in [0.05, 0.1) is 0 Å². The molecule has 0 aliphatic carbocycles. The molecule has 1 aliphatic rings. The maximum Gasteiger partial charge on any atom is 0.245 e. The smallest absolute Gasteiger partial charge is 0.245 e. The highest BCUT2D eigenvalue weighted by molar-refractivity contribution is 5.80. The molecule has 5 nitrogen and oxygen atoms in total. The molecule has 17 heavy (non-hydrogen) atoms. The molecule has 0 radical (unpaired) electrons. The number of hydrogen-bond acceptors (Lipinski definition) is 3. The SMILES string of the molecule is CCC(C(=O)N1CCNCC1)n1ccnc1C. The van der Waals surface area contributed by atoms with E-state index < -0.39 is 0 Å². The van der Waals surface area contributed by atoms with Gasteiger partial charge in [-0.3, -0.25) is 4.79 Å². The second kappa shape index (κ2) is 5.31. The number of amides is 1. The summed E-state index contributed by atoms with van der Waals surface area (Å²) in [5.41, 5.74) is 0. The van der Waals surface area contributed by atoms with Crippen molar-refractivity contribution < 1.29 is 4.79 Å². The number of piperazine rings is 1. The van der Waals surface area contributed by atoms with Crippen molar-refractivity contribution in [3.8, 4) is 0 Å². The van der Waals surface area contributed by atoms with Crippen molar-refractivity contribution in [3.05, 3.63) is 18.2 Å². The molecule has 0 bridgehead atoms. The van der Waals surface area contributed by atoms with Crippen LogP contribution in [0.15, 0.2) is 12.4 Å². The first kappa shape index (κ1) is 12.1. The van der Waals surface area contributed by atoms with E-state index >= 15 is 0 Å². The summed E-state index contributed by atoms with van der Waals surface area (Å²) in [6, 6.07) is -0.101. The number of aryl methyl sites for hydroxylation is 1. The highest BCUT2D eigenvalue weighted by atomic mass is 16.2. The molecular weight excluding hydrogens is 216 g/mol. The maximum absolute atomic E-state index is 12.4. The summed E-state index contributed by atoms with van der Waals surface area (Å²) in [6.07, 6.45) is 4.45. The number of carbonyl (C=O) groups excluding carboxylic acids is 1. The third kappa shape index (κ3) is 2.49. The predicted molar refractivity (Wildman–Crippen MR) is 65.7 cm³/mol. The van der Waals surface area contributed by atoms with Crippen LogP contribution in [0, 0.1) is 6.92 Å². The van der Waals surface area contributed by atoms with Crippen LogP contribution < -0.4 is 5.32 Å². The van der Waals surface area contributed by atoms with Gasteiger partial charge in [-0.05, 0) is 13.3 Å². The summed E-state index contributed by atoms with van der Waals surface area (Å²) in [5, 5.41) is 3.26. The molecule has 94 valence electrons. The lowest BCUT2D eigenvalue weighted by Gasteiger charge is -2.31. The fourth-order valence-corrected chi connectivity index (χ4v) is 2.30. The summed E-state index contributed by atoms with van der Waals surface area (Å²) in [7, 11) is 0. The van der Waals surface area contributed by atoms with Gasteiger partial charge in [0.1, 0.15) is 11.9 Å². The quantitative estimate of drug-likeness (QED) is 0.835. The lowest BCUT2D eigenvalue weighted by atomic mass is 10.1. The van der Waals surface area contributed by atoms with Crippen LogP contribution in [0.2, 0.25) is 0 Å². The molecule has 1 N–H and O–H groups in total. The Hall–Kier alpha value is -1.36. The van der Waals surface area contributed by atoms with Crippen LogP contribution in [0.4, 0.5) is 0 Å². The fraction of sp³-hybridized carbons (Fsp3) is 0.667. The summed E-state index contributed by atoms with van der Waals surface area (Å²) in [5.74, 6) is 1.12. The van der Waals surface area contributed by atoms with Gasteiger partial charge in [-0.2, -0.15) is 0 Å². The Morgan fingerprint density at radius 2 is 2.24 bits per heavy atom. The number of nitrogens with one attached hydrogen (secondary N) is 1. The highest BCUT2D eigenvalue weighted by Crippen LogP contribution is 2.17. The standard InChI is InChI=1S/C12H20N4O/c1-3-11(16-9-6-14-10(16)2)12(17)15-7-4-13-5-8-15/h6,9,11,13H,3-5,7-8H2,1-2H3. The molecule has 0 saturated carbocycles. The van der Waals surface area contributed by atoms with E-state index in [0.717, 1.165) is 38.4 Å². The second-order valence-corrected chi connectivity index (χ2v) is 4.38. The minimum atomic E-state index is -0.101. The van der Waals surface area contributed by atoms with E-state index in [0.29, 0.717) is 0 Å². The van der Waals surface area contributed by atoms with Gasteiger partial charge >= 0.3 is 0 Å². The lowest BCUT2D eigenvalue weighted by Crippen LogP contribution is -2.48. The van der Waals surface area contributed by atoms with Crippen molar-refractivity contribution >= 4 is 5.91 Å². The molecule has 1 aromatic heterocycles. The minimum Gasteiger partial charge on any atom is -0.338 e. The zero-order valence-corrected chi connectivity index (χ0v) is 10.5. The molecule has 2 rings (SSSR count). The Labute approximate surface area is 102 Å². The van der Waals surface area contributed by atoms with E-state index in [1.807, 2.05) is 29.5 Å². The van der Waals surface area contributed by atoms with E-state index in [1.54, 1.807) is 6.20 Å². The minimum absolute atomic E-state index is 0.101. The number of rotatable bonds is 3. The monoisotopic (exact) mass is 236 g/mol. The average molecular weight is 236 g/mol. The number of hydrogen-bond donors (Lipinski definition) is 1. The number of nitrogens with zero attached hydrogens (tertiary/aromatic N) is 3. The first-order valence-electron chi connectivity index (χ1n) is 6.23. The van der Waals surface area contributed by atoms with Crippen LogP contribution in [0.5, 0.6) is 0 Å². The summed E-state index contributed by atoms with van der Waals surface area (Å²) >= 11 is 0. The number of aromatic nitrogens is 2. The summed E-state index contributed by atoms with van der Waals surface area (Å²) < 4.78 is 1.98. The normalized spacial score (nSPS) is 18.1. The van der Waals surface area contributed by atoms with Gasteiger partial charge < -0.3 is 14.8 Å². The molecule has 1 atom stereocenters. The van der Waals surface area contributed by atoms with Crippen LogP contribution >= 0.6 is 0 Å². The van der Waals surface area contributed by atoms with Crippen LogP contribution in [0.1, 0.15) is 25.2 Å². The lowest BCUT2D eigenvalue weighted by molar-refractivity contribution is -0.135. The first-order valence-corrected chi connectivity index (χ1v) is 6.23. The van der Waals surface area contributed by atoms with Gasteiger partial charge in [-0.1, -0.05) is 6.92 Å². The van der Waals surface area contributed by atoms with Crippen molar-refractivity contribution in [2.45, 2.75) is 26.3 Å². The van der Waals surface area contributed by atoms with Crippen molar-refractivity contribution in [2.75, 3.05) is 26.2 Å². The molecule has 1 aliphatic heterocycles. The molecule has 1 unspecified atom stereocenters. The molecule has 1 aromatic rings. The molecule has 2 heterocycles. The van der Waals surface area contributed by atoms with E-state index in [-0.39, 0.29) is 11.9 Å².